The van der Waals surface area contributed by atoms with Gasteiger partial charge in [-0.2, -0.15) is 0 Å². The summed E-state index contributed by atoms with van der Waals surface area (Å²) >= 11 is 0. The Morgan fingerprint density at radius 2 is 1.25 bits per heavy atom. The van der Waals surface area contributed by atoms with Gasteiger partial charge in [-0.15, -0.1) is 12.3 Å². The van der Waals surface area contributed by atoms with Crippen molar-refractivity contribution < 1.29 is 18.9 Å². The Kier molecular flexibility index (Phi) is 48.6. The van der Waals surface area contributed by atoms with E-state index in [-0.39, 0.29) is 7.43 Å². The molecule has 0 fully saturated rings. The summed E-state index contributed by atoms with van der Waals surface area (Å²) in [6, 6.07) is 0. The van der Waals surface area contributed by atoms with E-state index in [0.29, 0.717) is 13.2 Å². The lowest BCUT2D eigenvalue weighted by Crippen LogP contribution is -1.87. The molecule has 0 aromatic heterocycles. The van der Waals surface area contributed by atoms with E-state index in [4.69, 9.17) is 20.6 Å². The molecule has 0 amide bonds. The zero-order valence-electron chi connectivity index (χ0n) is 15.8. The van der Waals surface area contributed by atoms with Gasteiger partial charge < -0.3 is 18.9 Å². The number of unbranched alkanes of at least 4 members (excludes halogenated alkanes) is 4. The normalized spacial score (nSPS) is 8.17. The minimum atomic E-state index is 0. The van der Waals surface area contributed by atoms with Crippen LogP contribution >= 0.6 is 0 Å². The van der Waals surface area contributed by atoms with Gasteiger partial charge in [0.1, 0.15) is 13.2 Å². The molecule has 0 aliphatic rings. The molecule has 0 rings (SSSR count). The number of methoxy groups -OCH3 is 4. The molecule has 0 atom stereocenters. The predicted molar refractivity (Wildman–Crippen MR) is 104 cm³/mol. The first-order chi connectivity index (χ1) is 11.2. The van der Waals surface area contributed by atoms with Crippen LogP contribution in [-0.2, 0) is 18.9 Å². The SMILES string of the molecule is C.C#CCOC.CCCCCOC.COCC#CCCCCOC. The van der Waals surface area contributed by atoms with Crippen molar-refractivity contribution in [2.45, 2.75) is 52.9 Å². The summed E-state index contributed by atoms with van der Waals surface area (Å²) in [6.07, 6.45) is 11.7. The Hall–Kier alpha value is -1.04. The van der Waals surface area contributed by atoms with Crippen LogP contribution in [0.4, 0.5) is 0 Å². The molecule has 0 aliphatic carbocycles. The summed E-state index contributed by atoms with van der Waals surface area (Å²) in [5.41, 5.74) is 0. The number of hydrogen-bond donors (Lipinski definition) is 0. The molecule has 4 heteroatoms. The number of ether oxygens (including phenoxy) is 4. The molecule has 0 unspecified atom stereocenters. The van der Waals surface area contributed by atoms with Crippen LogP contribution in [0.5, 0.6) is 0 Å². The monoisotopic (exact) mass is 344 g/mol. The highest BCUT2D eigenvalue weighted by atomic mass is 16.5. The lowest BCUT2D eigenvalue weighted by molar-refractivity contribution is 0.192. The van der Waals surface area contributed by atoms with Gasteiger partial charge in [0.2, 0.25) is 0 Å². The van der Waals surface area contributed by atoms with E-state index in [9.17, 15) is 0 Å². The molecule has 0 aromatic rings. The van der Waals surface area contributed by atoms with Crippen molar-refractivity contribution in [3.63, 3.8) is 0 Å². The molecule has 0 heterocycles. The Balaban J connectivity index is -0.000000133. The fraction of sp³-hybridized carbons (Fsp3) is 0.800. The maximum absolute atomic E-state index is 4.90. The highest BCUT2D eigenvalue weighted by Crippen LogP contribution is 1.93. The standard InChI is InChI=1S/C9H16O2.C6H14O.C4H6O.CH4/c1-10-8-6-4-3-5-7-9-11-2;1-3-4-5-6-7-2;1-3-4-5-2;/h3-4,6,8-9H2,1-2H3;3-6H2,1-2H3;1H,4H2,2H3;1H4. The molecule has 0 saturated heterocycles. The molecule has 144 valence electrons. The maximum atomic E-state index is 4.90. The van der Waals surface area contributed by atoms with E-state index < -0.39 is 0 Å². The van der Waals surface area contributed by atoms with Crippen LogP contribution in [0.1, 0.15) is 52.9 Å². The van der Waals surface area contributed by atoms with Gasteiger partial charge >= 0.3 is 0 Å². The van der Waals surface area contributed by atoms with E-state index in [1.165, 1.54) is 19.3 Å². The van der Waals surface area contributed by atoms with Gasteiger partial charge in [0, 0.05) is 48.1 Å². The second-order valence-electron chi connectivity index (χ2n) is 4.57. The number of rotatable bonds is 10. The van der Waals surface area contributed by atoms with Gasteiger partial charge in [0.15, 0.2) is 0 Å². The maximum Gasteiger partial charge on any atom is 0.107 e. The van der Waals surface area contributed by atoms with E-state index >= 15 is 0 Å². The van der Waals surface area contributed by atoms with Gasteiger partial charge in [0.25, 0.3) is 0 Å². The third-order valence-corrected chi connectivity index (χ3v) is 2.42. The van der Waals surface area contributed by atoms with E-state index in [0.717, 1.165) is 32.5 Å². The van der Waals surface area contributed by atoms with Gasteiger partial charge in [-0.05, 0) is 19.3 Å². The molecule has 0 aromatic carbocycles. The molecule has 4 nitrogen and oxygen atoms in total. The molecule has 0 aliphatic heterocycles. The summed E-state index contributed by atoms with van der Waals surface area (Å²) in [5.74, 6) is 8.21. The third kappa shape index (κ3) is 49.7. The fourth-order valence-electron chi connectivity index (χ4n) is 1.25. The Morgan fingerprint density at radius 3 is 1.62 bits per heavy atom. The number of hydrogen-bond acceptors (Lipinski definition) is 4. The largest absolute Gasteiger partial charge is 0.385 e. The van der Waals surface area contributed by atoms with Crippen LogP contribution < -0.4 is 0 Å². The molecule has 24 heavy (non-hydrogen) atoms. The Morgan fingerprint density at radius 1 is 0.708 bits per heavy atom. The second-order valence-corrected chi connectivity index (χ2v) is 4.57. The molecule has 0 spiro atoms. The fourth-order valence-corrected chi connectivity index (χ4v) is 1.25. The third-order valence-electron chi connectivity index (χ3n) is 2.42. The van der Waals surface area contributed by atoms with Crippen molar-refractivity contribution in [3.05, 3.63) is 0 Å². The van der Waals surface area contributed by atoms with E-state index in [1.54, 1.807) is 28.4 Å². The van der Waals surface area contributed by atoms with Crippen LogP contribution in [0.15, 0.2) is 0 Å². The summed E-state index contributed by atoms with van der Waals surface area (Å²) in [6.45, 7) is 4.92. The molecule has 0 radical (unpaired) electrons. The average Bonchev–Trinajstić information content (AvgIpc) is 2.57. The lowest BCUT2D eigenvalue weighted by atomic mass is 10.2. The topological polar surface area (TPSA) is 36.9 Å². The van der Waals surface area contributed by atoms with Crippen LogP contribution in [0.3, 0.4) is 0 Å². The van der Waals surface area contributed by atoms with Gasteiger partial charge in [-0.25, -0.2) is 0 Å². The van der Waals surface area contributed by atoms with E-state index in [1.807, 2.05) is 0 Å². The highest BCUT2D eigenvalue weighted by Gasteiger charge is 1.83. The van der Waals surface area contributed by atoms with Crippen molar-refractivity contribution in [1.29, 1.82) is 0 Å². The lowest BCUT2D eigenvalue weighted by Gasteiger charge is -1.93. The highest BCUT2D eigenvalue weighted by molar-refractivity contribution is 4.98. The van der Waals surface area contributed by atoms with Crippen molar-refractivity contribution in [2.24, 2.45) is 0 Å². The predicted octanol–water partition coefficient (Wildman–Crippen LogP) is 4.18. The van der Waals surface area contributed by atoms with Crippen molar-refractivity contribution in [3.8, 4) is 24.2 Å². The smallest absolute Gasteiger partial charge is 0.107 e. The minimum Gasteiger partial charge on any atom is -0.385 e. The van der Waals surface area contributed by atoms with Crippen LogP contribution in [0.25, 0.3) is 0 Å². The van der Waals surface area contributed by atoms with E-state index in [2.05, 4.69) is 29.4 Å². The number of terminal acetylenes is 1. The first-order valence-corrected chi connectivity index (χ1v) is 8.09. The average molecular weight is 345 g/mol. The summed E-state index contributed by atoms with van der Waals surface area (Å²) in [5, 5.41) is 0. The van der Waals surface area contributed by atoms with Gasteiger partial charge in [0.05, 0.1) is 0 Å². The van der Waals surface area contributed by atoms with Crippen LogP contribution in [-0.4, -0.2) is 54.9 Å². The quantitative estimate of drug-likeness (QED) is 0.440. The molecule has 0 N–H and O–H groups in total. The molecule has 0 bridgehead atoms. The summed E-state index contributed by atoms with van der Waals surface area (Å²) in [4.78, 5) is 0. The summed E-state index contributed by atoms with van der Waals surface area (Å²) in [7, 11) is 6.69. The van der Waals surface area contributed by atoms with Gasteiger partial charge in [-0.1, -0.05) is 39.0 Å². The minimum absolute atomic E-state index is 0. The Labute approximate surface area is 151 Å². The zero-order chi connectivity index (χ0) is 18.0. The van der Waals surface area contributed by atoms with Gasteiger partial charge in [-0.3, -0.25) is 0 Å². The second kappa shape index (κ2) is 37.9. The first-order valence-electron chi connectivity index (χ1n) is 8.09. The van der Waals surface area contributed by atoms with Crippen LogP contribution in [0, 0.1) is 24.2 Å². The zero-order valence-corrected chi connectivity index (χ0v) is 15.8. The Bertz CT molecular complexity index is 270. The van der Waals surface area contributed by atoms with Crippen molar-refractivity contribution >= 4 is 0 Å². The van der Waals surface area contributed by atoms with Crippen LogP contribution in [0.2, 0.25) is 0 Å². The molecular formula is C20H40O4. The molecule has 0 saturated carbocycles. The first kappa shape index (κ1) is 30.8. The summed E-state index contributed by atoms with van der Waals surface area (Å²) < 4.78 is 19.0. The van der Waals surface area contributed by atoms with Crippen molar-refractivity contribution in [2.75, 3.05) is 54.9 Å². The van der Waals surface area contributed by atoms with Crippen molar-refractivity contribution in [1.82, 2.24) is 0 Å². The molecular weight excluding hydrogens is 304 g/mol.